The van der Waals surface area contributed by atoms with E-state index < -0.39 is 10.0 Å². The molecule has 2 amide bonds. The molecule has 1 fully saturated rings. The Labute approximate surface area is 134 Å². The maximum Gasteiger partial charge on any atom is 0.317 e. The molecule has 0 bridgehead atoms. The van der Waals surface area contributed by atoms with E-state index in [1.165, 1.54) is 10.6 Å². The average molecular weight is 335 g/mol. The molecular weight excluding hydrogens is 306 g/mol. The number of rotatable bonds is 6. The Morgan fingerprint density at radius 1 is 1.32 bits per heavy atom. The van der Waals surface area contributed by atoms with Crippen molar-refractivity contribution >= 4 is 16.1 Å². The molecule has 0 aromatic rings. The standard InChI is InChI=1S/C14H29N3O4S/c1-11(2)17(22(5,19)20)8-6-7-15-14(18)16-9-12(3)21-13(4)10-16/h11-13H,6-10H2,1-5H3,(H,15,18)/t12-,13+. The van der Waals surface area contributed by atoms with Gasteiger partial charge in [0, 0.05) is 32.2 Å². The van der Waals surface area contributed by atoms with Crippen LogP contribution in [0.15, 0.2) is 0 Å². The van der Waals surface area contributed by atoms with Crippen molar-refractivity contribution in [2.75, 3.05) is 32.4 Å². The molecule has 0 aliphatic carbocycles. The molecule has 2 atom stereocenters. The molecule has 1 saturated heterocycles. The van der Waals surface area contributed by atoms with E-state index in [9.17, 15) is 13.2 Å². The third kappa shape index (κ3) is 6.10. The zero-order chi connectivity index (χ0) is 16.9. The van der Waals surface area contributed by atoms with E-state index in [1.807, 2.05) is 27.7 Å². The highest BCUT2D eigenvalue weighted by atomic mass is 32.2. The number of hydrogen-bond acceptors (Lipinski definition) is 4. The van der Waals surface area contributed by atoms with Gasteiger partial charge in [0.15, 0.2) is 0 Å². The van der Waals surface area contributed by atoms with Crippen molar-refractivity contribution in [1.82, 2.24) is 14.5 Å². The second kappa shape index (κ2) is 8.12. The second-order valence-corrected chi connectivity index (χ2v) is 8.15. The van der Waals surface area contributed by atoms with Crippen LogP contribution in [-0.2, 0) is 14.8 Å². The summed E-state index contributed by atoms with van der Waals surface area (Å²) in [4.78, 5) is 13.8. The lowest BCUT2D eigenvalue weighted by Crippen LogP contribution is -2.52. The van der Waals surface area contributed by atoms with Crippen LogP contribution in [-0.4, -0.2) is 74.3 Å². The summed E-state index contributed by atoms with van der Waals surface area (Å²) in [7, 11) is -3.21. The number of sulfonamides is 1. The number of carbonyl (C=O) groups is 1. The molecule has 1 N–H and O–H groups in total. The van der Waals surface area contributed by atoms with Gasteiger partial charge in [-0.1, -0.05) is 0 Å². The topological polar surface area (TPSA) is 79.0 Å². The van der Waals surface area contributed by atoms with Crippen LogP contribution in [0.1, 0.15) is 34.1 Å². The molecule has 8 heteroatoms. The van der Waals surface area contributed by atoms with Crippen molar-refractivity contribution < 1.29 is 17.9 Å². The molecule has 0 saturated carbocycles. The molecule has 130 valence electrons. The molecule has 0 aromatic carbocycles. The summed E-state index contributed by atoms with van der Waals surface area (Å²) in [5.41, 5.74) is 0. The van der Waals surface area contributed by atoms with E-state index in [0.717, 1.165) is 0 Å². The third-order valence-electron chi connectivity index (χ3n) is 3.54. The molecule has 0 unspecified atom stereocenters. The molecular formula is C14H29N3O4S. The molecule has 7 nitrogen and oxygen atoms in total. The van der Waals surface area contributed by atoms with Gasteiger partial charge < -0.3 is 15.0 Å². The number of morpholine rings is 1. The lowest BCUT2D eigenvalue weighted by molar-refractivity contribution is -0.0545. The quantitative estimate of drug-likeness (QED) is 0.731. The number of ether oxygens (including phenoxy) is 1. The van der Waals surface area contributed by atoms with Crippen LogP contribution in [0.4, 0.5) is 4.79 Å². The largest absolute Gasteiger partial charge is 0.372 e. The lowest BCUT2D eigenvalue weighted by Gasteiger charge is -2.35. The van der Waals surface area contributed by atoms with Crippen LogP contribution >= 0.6 is 0 Å². The smallest absolute Gasteiger partial charge is 0.317 e. The van der Waals surface area contributed by atoms with Crippen LogP contribution in [0.5, 0.6) is 0 Å². The second-order valence-electron chi connectivity index (χ2n) is 6.22. The van der Waals surface area contributed by atoms with Crippen molar-refractivity contribution in [3.05, 3.63) is 0 Å². The van der Waals surface area contributed by atoms with Gasteiger partial charge in [-0.2, -0.15) is 4.31 Å². The number of hydrogen-bond donors (Lipinski definition) is 1. The van der Waals surface area contributed by atoms with Crippen molar-refractivity contribution in [3.63, 3.8) is 0 Å². The zero-order valence-corrected chi connectivity index (χ0v) is 15.0. The predicted molar refractivity (Wildman–Crippen MR) is 86.3 cm³/mol. The minimum Gasteiger partial charge on any atom is -0.372 e. The van der Waals surface area contributed by atoms with Gasteiger partial charge in [-0.25, -0.2) is 13.2 Å². The number of carbonyl (C=O) groups excluding carboxylic acids is 1. The van der Waals surface area contributed by atoms with Crippen molar-refractivity contribution in [2.24, 2.45) is 0 Å². The summed E-state index contributed by atoms with van der Waals surface area (Å²) < 4.78 is 30.3. The fourth-order valence-corrected chi connectivity index (χ4v) is 3.92. The highest BCUT2D eigenvalue weighted by molar-refractivity contribution is 7.88. The molecule has 0 aromatic heterocycles. The van der Waals surface area contributed by atoms with Crippen LogP contribution in [0.2, 0.25) is 0 Å². The summed E-state index contributed by atoms with van der Waals surface area (Å²) >= 11 is 0. The van der Waals surface area contributed by atoms with Gasteiger partial charge in [0.05, 0.1) is 18.5 Å². The normalized spacial score (nSPS) is 23.1. The van der Waals surface area contributed by atoms with Gasteiger partial charge >= 0.3 is 6.03 Å². The Morgan fingerprint density at radius 2 is 1.86 bits per heavy atom. The van der Waals surface area contributed by atoms with Crippen molar-refractivity contribution in [3.8, 4) is 0 Å². The number of amides is 2. The van der Waals surface area contributed by atoms with E-state index in [4.69, 9.17) is 4.74 Å². The number of nitrogens with one attached hydrogen (secondary N) is 1. The first-order chi connectivity index (χ1) is 10.1. The SMILES string of the molecule is CC(C)N(CCCNC(=O)N1C[C@@H](C)O[C@@H](C)C1)S(C)(=O)=O. The van der Waals surface area contributed by atoms with Gasteiger partial charge in [0.25, 0.3) is 0 Å². The van der Waals surface area contributed by atoms with E-state index in [2.05, 4.69) is 5.32 Å². The van der Waals surface area contributed by atoms with Crippen LogP contribution < -0.4 is 5.32 Å². The first kappa shape index (κ1) is 19.2. The first-order valence-electron chi connectivity index (χ1n) is 7.76. The first-order valence-corrected chi connectivity index (χ1v) is 9.61. The number of urea groups is 1. The summed E-state index contributed by atoms with van der Waals surface area (Å²) in [5, 5.41) is 2.85. The van der Waals surface area contributed by atoms with Crippen LogP contribution in [0.25, 0.3) is 0 Å². The van der Waals surface area contributed by atoms with Gasteiger partial charge in [-0.15, -0.1) is 0 Å². The summed E-state index contributed by atoms with van der Waals surface area (Å²) in [6, 6.07) is -0.191. The fourth-order valence-electron chi connectivity index (χ4n) is 2.69. The minimum atomic E-state index is -3.21. The Balaban J connectivity index is 2.36. The van der Waals surface area contributed by atoms with Crippen molar-refractivity contribution in [2.45, 2.75) is 52.4 Å². The van der Waals surface area contributed by atoms with Gasteiger partial charge in [0.1, 0.15) is 0 Å². The van der Waals surface area contributed by atoms with E-state index in [-0.39, 0.29) is 24.3 Å². The molecule has 1 heterocycles. The van der Waals surface area contributed by atoms with E-state index in [1.54, 1.807) is 4.90 Å². The Morgan fingerprint density at radius 3 is 2.32 bits per heavy atom. The molecule has 0 spiro atoms. The Bertz CT molecular complexity index is 457. The van der Waals surface area contributed by atoms with Gasteiger partial charge in [-0.3, -0.25) is 0 Å². The molecule has 22 heavy (non-hydrogen) atoms. The van der Waals surface area contributed by atoms with Gasteiger partial charge in [-0.05, 0) is 34.1 Å². The Hall–Kier alpha value is -0.860. The van der Waals surface area contributed by atoms with Crippen LogP contribution in [0.3, 0.4) is 0 Å². The summed E-state index contributed by atoms with van der Waals surface area (Å²) in [6.45, 7) is 9.61. The van der Waals surface area contributed by atoms with E-state index in [0.29, 0.717) is 32.6 Å². The van der Waals surface area contributed by atoms with E-state index >= 15 is 0 Å². The monoisotopic (exact) mass is 335 g/mol. The highest BCUT2D eigenvalue weighted by Gasteiger charge is 2.25. The minimum absolute atomic E-state index is 0.0381. The zero-order valence-electron chi connectivity index (χ0n) is 14.2. The third-order valence-corrected chi connectivity index (χ3v) is 5.00. The number of nitrogens with zero attached hydrogens (tertiary/aromatic N) is 2. The summed E-state index contributed by atoms with van der Waals surface area (Å²) in [5.74, 6) is 0. The van der Waals surface area contributed by atoms with Crippen molar-refractivity contribution in [1.29, 1.82) is 0 Å². The maximum absolute atomic E-state index is 12.1. The lowest BCUT2D eigenvalue weighted by atomic mass is 10.2. The Kier molecular flexibility index (Phi) is 7.08. The molecule has 1 aliphatic heterocycles. The predicted octanol–water partition coefficient (Wildman–Crippen LogP) is 0.865. The average Bonchev–Trinajstić information content (AvgIpc) is 2.34. The maximum atomic E-state index is 12.1. The highest BCUT2D eigenvalue weighted by Crippen LogP contribution is 2.10. The summed E-state index contributed by atoms with van der Waals surface area (Å²) in [6.07, 6.45) is 1.88. The fraction of sp³-hybridized carbons (Fsp3) is 0.929. The molecule has 0 radical (unpaired) electrons. The molecule has 1 aliphatic rings. The van der Waals surface area contributed by atoms with Crippen LogP contribution in [0, 0.1) is 0 Å². The molecule has 1 rings (SSSR count). The van der Waals surface area contributed by atoms with Gasteiger partial charge in [0.2, 0.25) is 10.0 Å².